The van der Waals surface area contributed by atoms with Gasteiger partial charge in [0.1, 0.15) is 36.1 Å². The third-order valence-corrected chi connectivity index (χ3v) is 14.3. The molecule has 1 atom stereocenters. The fourth-order valence-corrected chi connectivity index (χ4v) is 11.1. The Morgan fingerprint density at radius 1 is 0.804 bits per heavy atom. The molecule has 12 nitrogen and oxygen atoms in total. The molecular weight excluding hydrogens is 727 g/mol. The number of hydrogen-bond donors (Lipinski definition) is 1. The molecule has 0 aliphatic rings. The zero-order valence-electron chi connectivity index (χ0n) is 32.5. The lowest BCUT2D eigenvalue weighted by molar-refractivity contribution is 0.0592. The van der Waals surface area contributed by atoms with Crippen molar-refractivity contribution in [3.8, 4) is 23.0 Å². The summed E-state index contributed by atoms with van der Waals surface area (Å²) in [5.74, 6) is 0.193. The van der Waals surface area contributed by atoms with Crippen molar-refractivity contribution in [1.82, 2.24) is 25.2 Å². The highest BCUT2D eigenvalue weighted by Gasteiger charge is 2.50. The van der Waals surface area contributed by atoms with Crippen LogP contribution in [0.3, 0.4) is 0 Å². The highest BCUT2D eigenvalue weighted by atomic mass is 28.4. The molecule has 1 N–H and O–H groups in total. The number of pyridine rings is 1. The van der Waals surface area contributed by atoms with E-state index in [0.29, 0.717) is 35.8 Å². The monoisotopic (exact) mass is 773 g/mol. The van der Waals surface area contributed by atoms with Crippen molar-refractivity contribution in [2.45, 2.75) is 44.9 Å². The Kier molecular flexibility index (Phi) is 12.6. The number of alkyl carbamates (subject to hydrolysis) is 1. The summed E-state index contributed by atoms with van der Waals surface area (Å²) >= 11 is 0. The number of nitrogens with zero attached hydrogens (tertiary/aromatic N) is 4. The molecule has 56 heavy (non-hydrogen) atoms. The molecule has 0 bridgehead atoms. The number of hydrogen-bond acceptors (Lipinski definition) is 11. The molecule has 6 rings (SSSR count). The van der Waals surface area contributed by atoms with Gasteiger partial charge in [-0.05, 0) is 47.2 Å². The van der Waals surface area contributed by atoms with Crippen LogP contribution in [0.4, 0.5) is 4.79 Å². The number of aromatic nitrogens is 3. The molecule has 3 heterocycles. The fourth-order valence-electron chi connectivity index (χ4n) is 6.53. The number of carbonyl (C=O) groups is 2. The van der Waals surface area contributed by atoms with Crippen LogP contribution in [-0.4, -0.2) is 74.6 Å². The second-order valence-corrected chi connectivity index (χ2v) is 18.9. The minimum atomic E-state index is -3.02. The molecular formula is C43H47N5O7Si. The Morgan fingerprint density at radius 2 is 1.43 bits per heavy atom. The smallest absolute Gasteiger partial charge is 0.408 e. The quantitative estimate of drug-likeness (QED) is 0.0868. The largest absolute Gasteiger partial charge is 0.464 e. The molecule has 3 aromatic carbocycles. The normalized spacial score (nSPS) is 12.3. The van der Waals surface area contributed by atoms with E-state index in [9.17, 15) is 9.59 Å². The summed E-state index contributed by atoms with van der Waals surface area (Å²) in [7, 11) is 2.15. The third-order valence-electron chi connectivity index (χ3n) is 9.30. The summed E-state index contributed by atoms with van der Waals surface area (Å²) < 4.78 is 29.9. The predicted molar refractivity (Wildman–Crippen MR) is 215 cm³/mol. The van der Waals surface area contributed by atoms with Crippen LogP contribution in [-0.2, 0) is 26.9 Å². The Labute approximate surface area is 328 Å². The minimum absolute atomic E-state index is 0.0312. The molecule has 0 radical (unpaired) electrons. The van der Waals surface area contributed by atoms with Gasteiger partial charge < -0.3 is 33.0 Å². The zero-order chi connectivity index (χ0) is 39.7. The number of nitrogens with one attached hydrogen (secondary N) is 1. The Balaban J connectivity index is 1.33. The lowest BCUT2D eigenvalue weighted by atomic mass is 10.2. The van der Waals surface area contributed by atoms with Crippen molar-refractivity contribution in [3.05, 3.63) is 138 Å². The molecule has 0 aliphatic heterocycles. The van der Waals surface area contributed by atoms with E-state index in [1.54, 1.807) is 18.2 Å². The van der Waals surface area contributed by atoms with Gasteiger partial charge in [0.05, 0.1) is 19.4 Å². The van der Waals surface area contributed by atoms with E-state index in [1.807, 2.05) is 85.7 Å². The summed E-state index contributed by atoms with van der Waals surface area (Å²) in [4.78, 5) is 42.0. The standard InChI is InChI=1S/C43H47N5O7Si/c1-43(2,3)56(31-19-12-8-13-20-31,32-21-14-9-15-22-32)54-29-36(46-42(50)53-27-30-17-10-7-11-18-30)39-45-35(28-52-39)33-23-16-24-34(44-33)40-47-38(41(49)51-6)37(55-40)25-26-48(4)5/h7-24,28,36H,25-27,29H2,1-6H3,(H,46,50). The van der Waals surface area contributed by atoms with Crippen LogP contribution in [0.1, 0.15) is 54.5 Å². The van der Waals surface area contributed by atoms with Crippen LogP contribution in [0, 0.1) is 0 Å². The van der Waals surface area contributed by atoms with E-state index in [2.05, 4.69) is 55.3 Å². The second-order valence-electron chi connectivity index (χ2n) is 14.5. The first kappa shape index (κ1) is 39.8. The van der Waals surface area contributed by atoms with E-state index in [4.69, 9.17) is 32.7 Å². The van der Waals surface area contributed by atoms with E-state index >= 15 is 0 Å². The van der Waals surface area contributed by atoms with Crippen molar-refractivity contribution in [2.24, 2.45) is 0 Å². The molecule has 6 aromatic rings. The van der Waals surface area contributed by atoms with Crippen LogP contribution < -0.4 is 15.7 Å². The maximum atomic E-state index is 13.4. The molecule has 0 saturated heterocycles. The van der Waals surface area contributed by atoms with Crippen LogP contribution >= 0.6 is 0 Å². The summed E-state index contributed by atoms with van der Waals surface area (Å²) in [5, 5.41) is 4.82. The summed E-state index contributed by atoms with van der Waals surface area (Å²) in [6.45, 7) is 7.31. The predicted octanol–water partition coefficient (Wildman–Crippen LogP) is 6.83. The SMILES string of the molecule is COC(=O)c1nc(-c2cccc(-c3coc(C(CO[Si](c4ccccc4)(c4ccccc4)C(C)(C)C)NC(=O)OCc4ccccc4)n3)n2)oc1CCN(C)C. The lowest BCUT2D eigenvalue weighted by Gasteiger charge is -2.43. The van der Waals surface area contributed by atoms with Gasteiger partial charge in [0.25, 0.3) is 8.32 Å². The number of amides is 1. The number of likely N-dealkylation sites (N-methyl/N-ethyl adjacent to an activating group) is 1. The first-order valence-corrected chi connectivity index (χ1v) is 20.3. The summed E-state index contributed by atoms with van der Waals surface area (Å²) in [5.41, 5.74) is 2.21. The van der Waals surface area contributed by atoms with Crippen molar-refractivity contribution in [2.75, 3.05) is 34.4 Å². The number of ether oxygens (including phenoxy) is 2. The van der Waals surface area contributed by atoms with E-state index in [0.717, 1.165) is 15.9 Å². The van der Waals surface area contributed by atoms with Crippen molar-refractivity contribution in [3.63, 3.8) is 0 Å². The minimum Gasteiger partial charge on any atom is -0.464 e. The number of esters is 1. The van der Waals surface area contributed by atoms with Gasteiger partial charge in [0.15, 0.2) is 5.69 Å². The Hall–Kier alpha value is -5.89. The molecule has 0 fully saturated rings. The lowest BCUT2D eigenvalue weighted by Crippen LogP contribution is -2.67. The van der Waals surface area contributed by atoms with Gasteiger partial charge in [0.2, 0.25) is 11.8 Å². The van der Waals surface area contributed by atoms with Crippen molar-refractivity contribution < 1.29 is 32.3 Å². The van der Waals surface area contributed by atoms with E-state index in [-0.39, 0.29) is 35.7 Å². The van der Waals surface area contributed by atoms with Gasteiger partial charge >= 0.3 is 12.1 Å². The summed E-state index contributed by atoms with van der Waals surface area (Å²) in [6.07, 6.45) is 1.28. The van der Waals surface area contributed by atoms with Gasteiger partial charge in [-0.15, -0.1) is 0 Å². The maximum absolute atomic E-state index is 13.4. The Morgan fingerprint density at radius 3 is 2.04 bits per heavy atom. The van der Waals surface area contributed by atoms with Crippen LogP contribution in [0.5, 0.6) is 0 Å². The Bertz CT molecular complexity index is 2160. The molecule has 0 spiro atoms. The molecule has 0 aliphatic carbocycles. The van der Waals surface area contributed by atoms with Crippen molar-refractivity contribution in [1.29, 1.82) is 0 Å². The molecule has 1 amide bonds. The van der Waals surface area contributed by atoms with Gasteiger partial charge in [-0.1, -0.05) is 118 Å². The number of rotatable bonds is 15. The molecule has 3 aromatic heterocycles. The average molecular weight is 774 g/mol. The highest BCUT2D eigenvalue weighted by Crippen LogP contribution is 2.37. The number of benzene rings is 3. The molecule has 290 valence electrons. The average Bonchev–Trinajstić information content (AvgIpc) is 3.88. The van der Waals surface area contributed by atoms with Crippen molar-refractivity contribution >= 4 is 30.8 Å². The van der Waals surface area contributed by atoms with Crippen LogP contribution in [0.25, 0.3) is 23.0 Å². The molecule has 0 saturated carbocycles. The first-order chi connectivity index (χ1) is 27.0. The zero-order valence-corrected chi connectivity index (χ0v) is 33.5. The van der Waals surface area contributed by atoms with Gasteiger partial charge in [-0.3, -0.25) is 0 Å². The number of methoxy groups -OCH3 is 1. The van der Waals surface area contributed by atoms with Gasteiger partial charge in [-0.25, -0.2) is 24.5 Å². The summed E-state index contributed by atoms with van der Waals surface area (Å²) in [6, 6.07) is 34.4. The van der Waals surface area contributed by atoms with E-state index < -0.39 is 26.4 Å². The van der Waals surface area contributed by atoms with E-state index in [1.165, 1.54) is 13.4 Å². The first-order valence-electron chi connectivity index (χ1n) is 18.4. The number of carbonyl (C=O) groups excluding carboxylic acids is 2. The molecule has 13 heteroatoms. The second kappa shape index (κ2) is 17.7. The van der Waals surface area contributed by atoms with Crippen LogP contribution in [0.2, 0.25) is 5.04 Å². The van der Waals surface area contributed by atoms with Gasteiger partial charge in [0, 0.05) is 13.0 Å². The third kappa shape index (κ3) is 9.13. The van der Waals surface area contributed by atoms with Gasteiger partial charge in [-0.2, -0.15) is 0 Å². The highest BCUT2D eigenvalue weighted by molar-refractivity contribution is 6.99. The maximum Gasteiger partial charge on any atom is 0.408 e. The fraction of sp³-hybridized carbons (Fsp3) is 0.279. The van der Waals surface area contributed by atoms with Crippen LogP contribution in [0.15, 0.2) is 124 Å². The number of oxazole rings is 2. The molecule has 1 unspecified atom stereocenters. The topological polar surface area (TPSA) is 142 Å².